The van der Waals surface area contributed by atoms with Crippen LogP contribution in [0.25, 0.3) is 5.65 Å². The summed E-state index contributed by atoms with van der Waals surface area (Å²) in [5.41, 5.74) is 1.90. The first kappa shape index (κ1) is 15.1. The highest BCUT2D eigenvalue weighted by Gasteiger charge is 2.54. The molecule has 0 radical (unpaired) electrons. The summed E-state index contributed by atoms with van der Waals surface area (Å²) in [6, 6.07) is 13.5. The summed E-state index contributed by atoms with van der Waals surface area (Å²) in [5.74, 6) is 0.833. The molecule has 0 aliphatic heterocycles. The lowest BCUT2D eigenvalue weighted by molar-refractivity contribution is -0.385. The van der Waals surface area contributed by atoms with E-state index in [1.54, 1.807) is 18.2 Å². The summed E-state index contributed by atoms with van der Waals surface area (Å²) in [5, 5.41) is 14.7. The number of nitrogens with zero attached hydrogens (tertiary/aromatic N) is 3. The van der Waals surface area contributed by atoms with E-state index in [9.17, 15) is 14.9 Å². The molecule has 0 amide bonds. The van der Waals surface area contributed by atoms with E-state index in [0.29, 0.717) is 17.5 Å². The monoisotopic (exact) mass is 348 g/mol. The number of hydrogen-bond acceptors (Lipinski definition) is 5. The molecule has 2 aliphatic rings. The molecule has 1 aromatic carbocycles. The minimum atomic E-state index is -0.660. The fourth-order valence-corrected chi connectivity index (χ4v) is 4.27. The van der Waals surface area contributed by atoms with Crippen molar-refractivity contribution in [2.45, 2.75) is 24.8 Å². The van der Waals surface area contributed by atoms with Crippen LogP contribution in [-0.2, 0) is 6.42 Å². The number of nitro groups is 1. The number of nitrogens with one attached hydrogen (secondary N) is 1. The molecule has 1 N–H and O–H groups in total. The second-order valence-electron chi connectivity index (χ2n) is 6.90. The van der Waals surface area contributed by atoms with Crippen LogP contribution in [0.15, 0.2) is 53.5 Å². The Kier molecular flexibility index (Phi) is 3.12. The Morgan fingerprint density at radius 2 is 2.00 bits per heavy atom. The highest BCUT2D eigenvalue weighted by Crippen LogP contribution is 2.55. The first-order valence-electron chi connectivity index (χ1n) is 8.65. The van der Waals surface area contributed by atoms with Crippen molar-refractivity contribution >= 4 is 17.2 Å². The van der Waals surface area contributed by atoms with E-state index in [4.69, 9.17) is 0 Å². The summed E-state index contributed by atoms with van der Waals surface area (Å²) in [6.45, 7) is 0. The van der Waals surface area contributed by atoms with Gasteiger partial charge in [-0.25, -0.2) is 4.98 Å². The minimum absolute atomic E-state index is 0.0723. The first-order chi connectivity index (χ1) is 12.6. The van der Waals surface area contributed by atoms with Crippen molar-refractivity contribution in [1.29, 1.82) is 0 Å². The normalized spacial score (nSPS) is 23.2. The zero-order valence-corrected chi connectivity index (χ0v) is 13.8. The number of hydrogen-bond donors (Lipinski definition) is 1. The molecule has 2 heterocycles. The number of fused-ring (bicyclic) bond motifs is 4. The van der Waals surface area contributed by atoms with Crippen LogP contribution in [0.4, 0.5) is 11.5 Å². The van der Waals surface area contributed by atoms with Gasteiger partial charge in [0.15, 0.2) is 0 Å². The summed E-state index contributed by atoms with van der Waals surface area (Å²) in [7, 11) is 0. The molecule has 7 heteroatoms. The zero-order chi connectivity index (χ0) is 17.8. The summed E-state index contributed by atoms with van der Waals surface area (Å²) < 4.78 is 1.21. The molecule has 1 saturated carbocycles. The molecule has 3 atom stereocenters. The Bertz CT molecular complexity index is 1110. The average molecular weight is 348 g/mol. The quantitative estimate of drug-likeness (QED) is 0.581. The molecule has 5 rings (SSSR count). The molecule has 0 spiro atoms. The van der Waals surface area contributed by atoms with Gasteiger partial charge in [-0.3, -0.25) is 19.3 Å². The predicted octanol–water partition coefficient (Wildman–Crippen LogP) is 2.74. The van der Waals surface area contributed by atoms with E-state index in [1.165, 1.54) is 21.7 Å². The Labute approximate surface area is 148 Å². The maximum atomic E-state index is 12.5. The maximum absolute atomic E-state index is 12.5. The van der Waals surface area contributed by atoms with Crippen LogP contribution in [0.3, 0.4) is 0 Å². The van der Waals surface area contributed by atoms with E-state index in [0.717, 1.165) is 12.8 Å². The van der Waals surface area contributed by atoms with Gasteiger partial charge in [0, 0.05) is 18.2 Å². The molecule has 3 aromatic rings. The van der Waals surface area contributed by atoms with Crippen molar-refractivity contribution in [1.82, 2.24) is 9.38 Å². The van der Waals surface area contributed by atoms with Crippen LogP contribution in [0, 0.1) is 16.0 Å². The van der Waals surface area contributed by atoms with Gasteiger partial charge in [0.2, 0.25) is 5.82 Å². The Balaban J connectivity index is 1.56. The standard InChI is InChI=1S/C19H16N4O3/c24-19-17(23(25)26)18(20-14-7-3-4-10-22(14)19)21-16-13-9-8-11-5-1-2-6-12(11)15(13)16/h1-7,10,13,15-16,21H,8-9H2. The molecule has 7 nitrogen and oxygen atoms in total. The second-order valence-corrected chi connectivity index (χ2v) is 6.90. The van der Waals surface area contributed by atoms with E-state index in [-0.39, 0.29) is 11.9 Å². The molecule has 2 aromatic heterocycles. The molecule has 1 fully saturated rings. The van der Waals surface area contributed by atoms with Crippen LogP contribution >= 0.6 is 0 Å². The van der Waals surface area contributed by atoms with E-state index < -0.39 is 16.2 Å². The summed E-state index contributed by atoms with van der Waals surface area (Å²) >= 11 is 0. The fourth-order valence-electron chi connectivity index (χ4n) is 4.27. The van der Waals surface area contributed by atoms with Crippen LogP contribution in [0.5, 0.6) is 0 Å². The van der Waals surface area contributed by atoms with Crippen molar-refractivity contribution in [3.8, 4) is 0 Å². The van der Waals surface area contributed by atoms with Crippen molar-refractivity contribution in [2.75, 3.05) is 5.32 Å². The number of aromatic nitrogens is 2. The van der Waals surface area contributed by atoms with Gasteiger partial charge in [-0.2, -0.15) is 0 Å². The van der Waals surface area contributed by atoms with E-state index >= 15 is 0 Å². The third-order valence-electron chi connectivity index (χ3n) is 5.53. The highest BCUT2D eigenvalue weighted by molar-refractivity contribution is 5.62. The van der Waals surface area contributed by atoms with E-state index in [2.05, 4.69) is 22.4 Å². The van der Waals surface area contributed by atoms with Crippen molar-refractivity contribution < 1.29 is 4.92 Å². The number of rotatable bonds is 3. The van der Waals surface area contributed by atoms with Crippen LogP contribution in [-0.4, -0.2) is 20.3 Å². The lowest BCUT2D eigenvalue weighted by Crippen LogP contribution is -2.22. The zero-order valence-electron chi connectivity index (χ0n) is 13.8. The number of anilines is 1. The van der Waals surface area contributed by atoms with Gasteiger partial charge < -0.3 is 5.32 Å². The summed E-state index contributed by atoms with van der Waals surface area (Å²) in [4.78, 5) is 27.8. The molecule has 2 aliphatic carbocycles. The Morgan fingerprint density at radius 3 is 2.85 bits per heavy atom. The van der Waals surface area contributed by atoms with Crippen LogP contribution in [0.2, 0.25) is 0 Å². The largest absolute Gasteiger partial charge is 0.376 e. The van der Waals surface area contributed by atoms with Gasteiger partial charge in [-0.05, 0) is 42.0 Å². The fraction of sp³-hybridized carbons (Fsp3) is 0.263. The van der Waals surface area contributed by atoms with Crippen molar-refractivity contribution in [3.05, 3.63) is 80.3 Å². The Morgan fingerprint density at radius 1 is 1.19 bits per heavy atom. The van der Waals surface area contributed by atoms with Crippen LogP contribution < -0.4 is 10.9 Å². The molecule has 130 valence electrons. The average Bonchev–Trinajstić information content (AvgIpc) is 3.35. The smallest absolute Gasteiger partial charge is 0.360 e. The van der Waals surface area contributed by atoms with Gasteiger partial charge in [0.25, 0.3) is 0 Å². The van der Waals surface area contributed by atoms with Crippen molar-refractivity contribution in [2.24, 2.45) is 5.92 Å². The number of benzene rings is 1. The lowest BCUT2D eigenvalue weighted by Gasteiger charge is -2.13. The molecule has 0 saturated heterocycles. The highest BCUT2D eigenvalue weighted by atomic mass is 16.6. The molecule has 3 unspecified atom stereocenters. The van der Waals surface area contributed by atoms with Gasteiger partial charge in [-0.1, -0.05) is 30.3 Å². The SMILES string of the molecule is O=c1c([N+](=O)[O-])c(NC2C3CCc4ccccc4C32)nc2ccccn12. The van der Waals surface area contributed by atoms with Crippen molar-refractivity contribution in [3.63, 3.8) is 0 Å². The minimum Gasteiger partial charge on any atom is -0.360 e. The van der Waals surface area contributed by atoms with Crippen LogP contribution in [0.1, 0.15) is 23.5 Å². The Hall–Kier alpha value is -3.22. The van der Waals surface area contributed by atoms with Gasteiger partial charge >= 0.3 is 11.2 Å². The first-order valence-corrected chi connectivity index (χ1v) is 8.65. The number of pyridine rings is 1. The number of aryl methyl sites for hydroxylation is 1. The summed E-state index contributed by atoms with van der Waals surface area (Å²) in [6.07, 6.45) is 3.56. The predicted molar refractivity (Wildman–Crippen MR) is 96.5 cm³/mol. The maximum Gasteiger partial charge on any atom is 0.376 e. The van der Waals surface area contributed by atoms with Gasteiger partial charge in [0.05, 0.1) is 4.92 Å². The molecule has 0 bridgehead atoms. The topological polar surface area (TPSA) is 89.5 Å². The second kappa shape index (κ2) is 5.39. The van der Waals surface area contributed by atoms with Gasteiger partial charge in [-0.15, -0.1) is 0 Å². The third-order valence-corrected chi connectivity index (χ3v) is 5.53. The van der Waals surface area contributed by atoms with Gasteiger partial charge in [0.1, 0.15) is 5.65 Å². The third kappa shape index (κ3) is 2.13. The van der Waals surface area contributed by atoms with E-state index in [1.807, 2.05) is 12.1 Å². The lowest BCUT2D eigenvalue weighted by atomic mass is 9.92. The molecular formula is C19H16N4O3. The molecule has 26 heavy (non-hydrogen) atoms. The molecular weight excluding hydrogens is 332 g/mol.